The van der Waals surface area contributed by atoms with Gasteiger partial charge in [-0.15, -0.1) is 11.8 Å². The fourth-order valence-electron chi connectivity index (χ4n) is 2.24. The van der Waals surface area contributed by atoms with Crippen molar-refractivity contribution in [3.05, 3.63) is 29.6 Å². The van der Waals surface area contributed by atoms with Crippen LogP contribution in [-0.4, -0.2) is 17.3 Å². The van der Waals surface area contributed by atoms with E-state index in [1.807, 2.05) is 6.26 Å². The highest BCUT2D eigenvalue weighted by molar-refractivity contribution is 7.98. The normalized spacial score (nSPS) is 17.9. The summed E-state index contributed by atoms with van der Waals surface area (Å²) in [5, 5.41) is 9.31. The van der Waals surface area contributed by atoms with Gasteiger partial charge in [0.25, 0.3) is 0 Å². The van der Waals surface area contributed by atoms with Crippen molar-refractivity contribution in [2.24, 2.45) is 0 Å². The Labute approximate surface area is 97.9 Å². The van der Waals surface area contributed by atoms with E-state index in [0.717, 1.165) is 11.3 Å². The van der Waals surface area contributed by atoms with Gasteiger partial charge in [-0.25, -0.2) is 4.39 Å². The number of aliphatic carboxylic acids is 1. The standard InChI is InChI=1S/C12H13FO2S/c1-16-9-5-2-4-8(13)10(9)12(11(14)15)6-3-7-12/h2,4-5H,3,6-7H2,1H3,(H,14,15). The first kappa shape index (κ1) is 11.5. The maximum atomic E-state index is 13.8. The van der Waals surface area contributed by atoms with Crippen LogP contribution in [0, 0.1) is 5.82 Å². The predicted octanol–water partition coefficient (Wildman–Crippen LogP) is 3.05. The summed E-state index contributed by atoms with van der Waals surface area (Å²) in [5.41, 5.74) is -0.606. The maximum Gasteiger partial charge on any atom is 0.314 e. The minimum absolute atomic E-state index is 0.376. The summed E-state index contributed by atoms with van der Waals surface area (Å²) in [7, 11) is 0. The Bertz CT molecular complexity index is 427. The van der Waals surface area contributed by atoms with E-state index in [4.69, 9.17) is 0 Å². The third kappa shape index (κ3) is 1.52. The van der Waals surface area contributed by atoms with E-state index in [2.05, 4.69) is 0 Å². The highest BCUT2D eigenvalue weighted by Gasteiger charge is 2.48. The van der Waals surface area contributed by atoms with Crippen LogP contribution in [-0.2, 0) is 10.2 Å². The fourth-order valence-corrected chi connectivity index (χ4v) is 2.95. The number of carboxylic acids is 1. The fraction of sp³-hybridized carbons (Fsp3) is 0.417. The second-order valence-corrected chi connectivity index (χ2v) is 4.91. The van der Waals surface area contributed by atoms with Gasteiger partial charge in [0.15, 0.2) is 0 Å². The Hall–Kier alpha value is -1.03. The van der Waals surface area contributed by atoms with Gasteiger partial charge in [0.2, 0.25) is 0 Å². The van der Waals surface area contributed by atoms with Crippen LogP contribution < -0.4 is 0 Å². The molecule has 0 aliphatic heterocycles. The summed E-state index contributed by atoms with van der Waals surface area (Å²) in [6.07, 6.45) is 3.77. The van der Waals surface area contributed by atoms with Crippen LogP contribution in [0.5, 0.6) is 0 Å². The summed E-state index contributed by atoms with van der Waals surface area (Å²) in [6, 6.07) is 4.75. The molecule has 4 heteroatoms. The number of halogens is 1. The number of benzene rings is 1. The molecule has 0 spiro atoms. The summed E-state index contributed by atoms with van der Waals surface area (Å²) >= 11 is 1.40. The number of hydrogen-bond acceptors (Lipinski definition) is 2. The van der Waals surface area contributed by atoms with Crippen molar-refractivity contribution in [3.63, 3.8) is 0 Å². The lowest BCUT2D eigenvalue weighted by Gasteiger charge is -2.39. The van der Waals surface area contributed by atoms with E-state index >= 15 is 0 Å². The van der Waals surface area contributed by atoms with E-state index in [1.165, 1.54) is 17.8 Å². The molecular formula is C12H13FO2S. The lowest BCUT2D eigenvalue weighted by molar-refractivity contribution is -0.147. The van der Waals surface area contributed by atoms with Crippen molar-refractivity contribution in [1.29, 1.82) is 0 Å². The van der Waals surface area contributed by atoms with Crippen LogP contribution >= 0.6 is 11.8 Å². The number of carboxylic acid groups (broad SMARTS) is 1. The van der Waals surface area contributed by atoms with Crippen LogP contribution in [0.4, 0.5) is 4.39 Å². The van der Waals surface area contributed by atoms with Crippen LogP contribution in [0.25, 0.3) is 0 Å². The molecule has 1 fully saturated rings. The van der Waals surface area contributed by atoms with Gasteiger partial charge in [-0.05, 0) is 31.2 Å². The molecule has 1 aliphatic rings. The molecule has 1 aromatic rings. The van der Waals surface area contributed by atoms with Crippen LogP contribution in [0.1, 0.15) is 24.8 Å². The molecule has 0 bridgehead atoms. The predicted molar refractivity (Wildman–Crippen MR) is 61.3 cm³/mol. The average molecular weight is 240 g/mol. The van der Waals surface area contributed by atoms with Crippen molar-refractivity contribution in [2.75, 3.05) is 6.26 Å². The van der Waals surface area contributed by atoms with Gasteiger partial charge in [0, 0.05) is 10.5 Å². The van der Waals surface area contributed by atoms with Gasteiger partial charge in [-0.1, -0.05) is 12.5 Å². The van der Waals surface area contributed by atoms with E-state index in [1.54, 1.807) is 12.1 Å². The second-order valence-electron chi connectivity index (χ2n) is 4.06. The Balaban J connectivity index is 2.57. The first-order valence-corrected chi connectivity index (χ1v) is 6.40. The quantitative estimate of drug-likeness (QED) is 0.825. The number of carbonyl (C=O) groups is 1. The molecule has 0 radical (unpaired) electrons. The molecule has 1 saturated carbocycles. The maximum absolute atomic E-state index is 13.8. The Morgan fingerprint density at radius 1 is 1.50 bits per heavy atom. The third-order valence-corrected chi connectivity index (χ3v) is 4.07. The van der Waals surface area contributed by atoms with Crippen LogP contribution in [0.2, 0.25) is 0 Å². The monoisotopic (exact) mass is 240 g/mol. The number of thioether (sulfide) groups is 1. The summed E-state index contributed by atoms with van der Waals surface area (Å²) in [6.45, 7) is 0. The van der Waals surface area contributed by atoms with E-state index in [9.17, 15) is 14.3 Å². The molecule has 0 saturated heterocycles. The Kier molecular flexibility index (Phi) is 2.93. The molecule has 2 nitrogen and oxygen atoms in total. The van der Waals surface area contributed by atoms with Gasteiger partial charge in [-0.3, -0.25) is 4.79 Å². The van der Waals surface area contributed by atoms with Gasteiger partial charge in [0.1, 0.15) is 5.82 Å². The number of hydrogen-bond donors (Lipinski definition) is 1. The zero-order valence-electron chi connectivity index (χ0n) is 9.00. The molecule has 1 N–H and O–H groups in total. The van der Waals surface area contributed by atoms with Gasteiger partial charge >= 0.3 is 5.97 Å². The topological polar surface area (TPSA) is 37.3 Å². The third-order valence-electron chi connectivity index (χ3n) is 3.29. The van der Waals surface area contributed by atoms with Crippen molar-refractivity contribution in [3.8, 4) is 0 Å². The Morgan fingerprint density at radius 2 is 2.19 bits per heavy atom. The molecule has 86 valence electrons. The zero-order chi connectivity index (χ0) is 11.8. The van der Waals surface area contributed by atoms with Crippen LogP contribution in [0.15, 0.2) is 23.1 Å². The lowest BCUT2D eigenvalue weighted by atomic mass is 9.64. The first-order valence-electron chi connectivity index (χ1n) is 5.18. The summed E-state index contributed by atoms with van der Waals surface area (Å²) < 4.78 is 13.8. The molecule has 2 rings (SSSR count). The van der Waals surface area contributed by atoms with Crippen molar-refractivity contribution >= 4 is 17.7 Å². The minimum atomic E-state index is -0.982. The molecule has 1 aromatic carbocycles. The van der Waals surface area contributed by atoms with Crippen molar-refractivity contribution in [1.82, 2.24) is 0 Å². The van der Waals surface area contributed by atoms with E-state index in [-0.39, 0.29) is 0 Å². The molecule has 0 aromatic heterocycles. The highest BCUT2D eigenvalue weighted by atomic mass is 32.2. The molecule has 0 amide bonds. The van der Waals surface area contributed by atoms with Crippen molar-refractivity contribution < 1.29 is 14.3 Å². The lowest BCUT2D eigenvalue weighted by Crippen LogP contribution is -2.43. The summed E-state index contributed by atoms with van der Waals surface area (Å²) in [4.78, 5) is 12.1. The SMILES string of the molecule is CSc1cccc(F)c1C1(C(=O)O)CCC1. The van der Waals surface area contributed by atoms with Gasteiger partial charge < -0.3 is 5.11 Å². The smallest absolute Gasteiger partial charge is 0.314 e. The molecular weight excluding hydrogens is 227 g/mol. The molecule has 0 heterocycles. The molecule has 0 unspecified atom stereocenters. The zero-order valence-corrected chi connectivity index (χ0v) is 9.81. The minimum Gasteiger partial charge on any atom is -0.481 e. The van der Waals surface area contributed by atoms with Gasteiger partial charge in [-0.2, -0.15) is 0 Å². The first-order chi connectivity index (χ1) is 7.62. The van der Waals surface area contributed by atoms with Crippen molar-refractivity contribution in [2.45, 2.75) is 29.6 Å². The van der Waals surface area contributed by atoms with Gasteiger partial charge in [0.05, 0.1) is 5.41 Å². The molecule has 16 heavy (non-hydrogen) atoms. The van der Waals surface area contributed by atoms with E-state index in [0.29, 0.717) is 18.4 Å². The largest absolute Gasteiger partial charge is 0.481 e. The number of rotatable bonds is 3. The summed E-state index contributed by atoms with van der Waals surface area (Å²) in [5.74, 6) is -1.30. The Morgan fingerprint density at radius 3 is 2.62 bits per heavy atom. The highest BCUT2D eigenvalue weighted by Crippen LogP contribution is 2.47. The molecule has 1 aliphatic carbocycles. The van der Waals surface area contributed by atoms with Crippen LogP contribution in [0.3, 0.4) is 0 Å². The molecule has 0 atom stereocenters. The second kappa shape index (κ2) is 4.09. The average Bonchev–Trinajstić information content (AvgIpc) is 2.18. The van der Waals surface area contributed by atoms with E-state index < -0.39 is 17.2 Å².